The Morgan fingerprint density at radius 2 is 1.16 bits per heavy atom. The Labute approximate surface area is 182 Å². The van der Waals surface area contributed by atoms with Crippen LogP contribution in [0.3, 0.4) is 0 Å². The first-order valence-electron chi connectivity index (χ1n) is 10.6. The predicted octanol–water partition coefficient (Wildman–Crippen LogP) is 6.97. The summed E-state index contributed by atoms with van der Waals surface area (Å²) in [5.74, 6) is -0.330. The number of ketones is 1. The number of para-hydroxylation sites is 1. The zero-order valence-corrected chi connectivity index (χ0v) is 17.1. The molecule has 150 valence electrons. The lowest BCUT2D eigenvalue weighted by atomic mass is 9.73. The van der Waals surface area contributed by atoms with Crippen molar-refractivity contribution in [1.82, 2.24) is 4.98 Å². The highest BCUT2D eigenvalue weighted by Gasteiger charge is 2.34. The van der Waals surface area contributed by atoms with E-state index in [4.69, 9.17) is 0 Å². The molecule has 4 aromatic carbocycles. The minimum Gasteiger partial charge on any atom is -0.361 e. The molecule has 1 aromatic heterocycles. The average Bonchev–Trinajstić information content (AvgIpc) is 3.27. The molecule has 0 aliphatic rings. The van der Waals surface area contributed by atoms with Gasteiger partial charge in [0.25, 0.3) is 0 Å². The van der Waals surface area contributed by atoms with Crippen LogP contribution in [-0.4, -0.2) is 10.8 Å². The summed E-state index contributed by atoms with van der Waals surface area (Å²) in [6.07, 6.45) is 2.07. The third-order valence-electron chi connectivity index (χ3n) is 5.95. The van der Waals surface area contributed by atoms with E-state index in [-0.39, 0.29) is 17.6 Å². The van der Waals surface area contributed by atoms with Gasteiger partial charge in [0.05, 0.1) is 5.92 Å². The summed E-state index contributed by atoms with van der Waals surface area (Å²) in [6, 6.07) is 38.4. The Morgan fingerprint density at radius 1 is 0.613 bits per heavy atom. The van der Waals surface area contributed by atoms with Gasteiger partial charge in [0.2, 0.25) is 0 Å². The number of carbonyl (C=O) groups excluding carboxylic acids is 1. The summed E-state index contributed by atoms with van der Waals surface area (Å²) in [7, 11) is 0. The molecule has 0 spiro atoms. The lowest BCUT2D eigenvalue weighted by molar-refractivity contribution is 0.0952. The van der Waals surface area contributed by atoms with Gasteiger partial charge in [-0.1, -0.05) is 109 Å². The fraction of sp³-hybridized carbons (Fsp3) is 0.0690. The van der Waals surface area contributed by atoms with Crippen LogP contribution in [0.25, 0.3) is 10.9 Å². The molecular weight excluding hydrogens is 378 g/mol. The molecule has 2 nitrogen and oxygen atoms in total. The van der Waals surface area contributed by atoms with Gasteiger partial charge in [0, 0.05) is 28.6 Å². The second-order valence-corrected chi connectivity index (χ2v) is 7.80. The Balaban J connectivity index is 1.75. The van der Waals surface area contributed by atoms with Crippen molar-refractivity contribution in [2.45, 2.75) is 11.8 Å². The molecule has 5 rings (SSSR count). The van der Waals surface area contributed by atoms with E-state index in [0.29, 0.717) is 0 Å². The van der Waals surface area contributed by atoms with Gasteiger partial charge in [-0.3, -0.25) is 4.79 Å². The van der Waals surface area contributed by atoms with Gasteiger partial charge in [-0.25, -0.2) is 0 Å². The van der Waals surface area contributed by atoms with Gasteiger partial charge in [-0.15, -0.1) is 0 Å². The molecular formula is C29H23NO. The van der Waals surface area contributed by atoms with Crippen molar-refractivity contribution in [1.29, 1.82) is 0 Å². The highest BCUT2D eigenvalue weighted by atomic mass is 16.1. The molecule has 2 atom stereocenters. The maximum Gasteiger partial charge on any atom is 0.171 e. The van der Waals surface area contributed by atoms with Crippen molar-refractivity contribution >= 4 is 16.7 Å². The van der Waals surface area contributed by atoms with Gasteiger partial charge in [0.1, 0.15) is 0 Å². The number of hydrogen-bond donors (Lipinski definition) is 1. The van der Waals surface area contributed by atoms with Crippen molar-refractivity contribution in [2.24, 2.45) is 0 Å². The Hall–Kier alpha value is -3.91. The highest BCUT2D eigenvalue weighted by Crippen LogP contribution is 2.43. The molecule has 1 heterocycles. The minimum atomic E-state index is -0.342. The maximum atomic E-state index is 14.0. The summed E-state index contributed by atoms with van der Waals surface area (Å²) in [5, 5.41) is 1.15. The molecule has 0 amide bonds. The summed E-state index contributed by atoms with van der Waals surface area (Å²) in [5.41, 5.74) is 5.11. The Bertz CT molecular complexity index is 1290. The number of aromatic amines is 1. The number of aromatic nitrogens is 1. The van der Waals surface area contributed by atoms with E-state index in [1.807, 2.05) is 72.8 Å². The monoisotopic (exact) mass is 401 g/mol. The first-order chi connectivity index (χ1) is 15.3. The number of hydrogen-bond acceptors (Lipinski definition) is 1. The van der Waals surface area contributed by atoms with Crippen molar-refractivity contribution in [3.8, 4) is 0 Å². The molecule has 0 radical (unpaired) electrons. The van der Waals surface area contributed by atoms with Crippen molar-refractivity contribution < 1.29 is 4.79 Å². The maximum absolute atomic E-state index is 14.0. The van der Waals surface area contributed by atoms with Crippen LogP contribution in [0, 0.1) is 0 Å². The first-order valence-corrected chi connectivity index (χ1v) is 10.6. The van der Waals surface area contributed by atoms with E-state index >= 15 is 0 Å². The van der Waals surface area contributed by atoms with E-state index in [0.717, 1.165) is 33.2 Å². The molecule has 5 aromatic rings. The summed E-state index contributed by atoms with van der Waals surface area (Å²) in [6.45, 7) is 0. The number of H-pyrrole nitrogens is 1. The Kier molecular flexibility index (Phi) is 5.20. The van der Waals surface area contributed by atoms with Gasteiger partial charge < -0.3 is 4.98 Å². The molecule has 2 heteroatoms. The molecule has 0 saturated carbocycles. The molecule has 0 aliphatic heterocycles. The normalized spacial score (nSPS) is 13.0. The third-order valence-corrected chi connectivity index (χ3v) is 5.95. The molecule has 0 fully saturated rings. The zero-order valence-electron chi connectivity index (χ0n) is 17.1. The zero-order chi connectivity index (χ0) is 21.0. The van der Waals surface area contributed by atoms with Gasteiger partial charge in [-0.2, -0.15) is 0 Å². The number of benzene rings is 4. The first kappa shape index (κ1) is 19.1. The van der Waals surface area contributed by atoms with Crippen LogP contribution < -0.4 is 0 Å². The number of Topliss-reactive ketones (excluding diaryl/α,β-unsaturated/α-hetero) is 1. The third kappa shape index (κ3) is 3.69. The van der Waals surface area contributed by atoms with Crippen LogP contribution in [0.1, 0.15) is 38.9 Å². The van der Waals surface area contributed by atoms with Crippen LogP contribution in [0.5, 0.6) is 0 Å². The summed E-state index contributed by atoms with van der Waals surface area (Å²) < 4.78 is 0. The summed E-state index contributed by atoms with van der Waals surface area (Å²) in [4.78, 5) is 17.4. The largest absolute Gasteiger partial charge is 0.361 e. The van der Waals surface area contributed by atoms with E-state index < -0.39 is 0 Å². The number of fused-ring (bicyclic) bond motifs is 1. The van der Waals surface area contributed by atoms with Crippen molar-refractivity contribution in [3.05, 3.63) is 144 Å². The predicted molar refractivity (Wildman–Crippen MR) is 127 cm³/mol. The number of rotatable bonds is 6. The second kappa shape index (κ2) is 8.45. The van der Waals surface area contributed by atoms with Crippen LogP contribution in [0.4, 0.5) is 0 Å². The standard InChI is InChI=1S/C29H23NO/c31-29(23-16-8-3-9-17-23)28(22-14-6-2-7-15-22)27(21-12-4-1-5-13-21)25-20-30-26-19-11-10-18-24(25)26/h1-20,27-28,30H. The molecule has 2 unspecified atom stereocenters. The average molecular weight is 402 g/mol. The van der Waals surface area contributed by atoms with Crippen LogP contribution in [-0.2, 0) is 0 Å². The van der Waals surface area contributed by atoms with Crippen LogP contribution in [0.2, 0.25) is 0 Å². The molecule has 1 N–H and O–H groups in total. The number of carbonyl (C=O) groups is 1. The molecule has 0 bridgehead atoms. The van der Waals surface area contributed by atoms with Gasteiger partial charge >= 0.3 is 0 Å². The lowest BCUT2D eigenvalue weighted by Gasteiger charge is -2.27. The fourth-order valence-electron chi connectivity index (χ4n) is 4.50. The molecule has 31 heavy (non-hydrogen) atoms. The molecule has 0 saturated heterocycles. The highest BCUT2D eigenvalue weighted by molar-refractivity contribution is 6.02. The van der Waals surface area contributed by atoms with E-state index in [1.165, 1.54) is 0 Å². The molecule has 0 aliphatic carbocycles. The minimum absolute atomic E-state index is 0.118. The van der Waals surface area contributed by atoms with Gasteiger partial charge in [-0.05, 0) is 22.8 Å². The Morgan fingerprint density at radius 3 is 1.84 bits per heavy atom. The van der Waals surface area contributed by atoms with Crippen LogP contribution >= 0.6 is 0 Å². The van der Waals surface area contributed by atoms with Gasteiger partial charge in [0.15, 0.2) is 5.78 Å². The summed E-state index contributed by atoms with van der Waals surface area (Å²) >= 11 is 0. The van der Waals surface area contributed by atoms with Crippen molar-refractivity contribution in [2.75, 3.05) is 0 Å². The number of nitrogens with one attached hydrogen (secondary N) is 1. The van der Waals surface area contributed by atoms with E-state index in [2.05, 4.69) is 53.6 Å². The van der Waals surface area contributed by atoms with Crippen LogP contribution in [0.15, 0.2) is 121 Å². The SMILES string of the molecule is O=C(c1ccccc1)C(c1ccccc1)C(c1ccccc1)c1c[nH]c2ccccc12. The van der Waals surface area contributed by atoms with Crippen molar-refractivity contribution in [3.63, 3.8) is 0 Å². The quantitative estimate of drug-likeness (QED) is 0.306. The topological polar surface area (TPSA) is 32.9 Å². The second-order valence-electron chi connectivity index (χ2n) is 7.80. The van der Waals surface area contributed by atoms with E-state index in [9.17, 15) is 4.79 Å². The smallest absolute Gasteiger partial charge is 0.171 e. The van der Waals surface area contributed by atoms with E-state index in [1.54, 1.807) is 0 Å². The lowest BCUT2D eigenvalue weighted by Crippen LogP contribution is -2.22. The fourth-order valence-corrected chi connectivity index (χ4v) is 4.50.